The molecule has 44 heavy (non-hydrogen) atoms. The van der Waals surface area contributed by atoms with Crippen LogP contribution in [0.1, 0.15) is 239 Å². The van der Waals surface area contributed by atoms with Crippen molar-refractivity contribution in [3.63, 3.8) is 0 Å². The van der Waals surface area contributed by atoms with Crippen molar-refractivity contribution in [2.75, 3.05) is 0 Å². The Morgan fingerprint density at radius 3 is 1.05 bits per heavy atom. The minimum Gasteiger partial charge on any atom is -0.481 e. The molecule has 4 heteroatoms. The van der Waals surface area contributed by atoms with Gasteiger partial charge in [0.1, 0.15) is 6.10 Å². The molecule has 1 N–H and O–H groups in total. The third-order valence-electron chi connectivity index (χ3n) is 9.33. The average Bonchev–Trinajstić information content (AvgIpc) is 3.00. The first-order valence-electron chi connectivity index (χ1n) is 20.0. The van der Waals surface area contributed by atoms with Gasteiger partial charge >= 0.3 is 11.9 Å². The van der Waals surface area contributed by atoms with Gasteiger partial charge in [0.25, 0.3) is 0 Å². The van der Waals surface area contributed by atoms with Gasteiger partial charge in [-0.05, 0) is 38.5 Å². The molecule has 0 amide bonds. The molecule has 0 aliphatic rings. The van der Waals surface area contributed by atoms with Crippen LogP contribution < -0.4 is 0 Å². The largest absolute Gasteiger partial charge is 0.481 e. The van der Waals surface area contributed by atoms with Crippen LogP contribution in [0.15, 0.2) is 0 Å². The van der Waals surface area contributed by atoms with E-state index < -0.39 is 5.97 Å². The summed E-state index contributed by atoms with van der Waals surface area (Å²) in [4.78, 5) is 23.1. The van der Waals surface area contributed by atoms with Gasteiger partial charge in [-0.3, -0.25) is 9.59 Å². The summed E-state index contributed by atoms with van der Waals surface area (Å²) in [5.74, 6) is -0.616. The van der Waals surface area contributed by atoms with Crippen molar-refractivity contribution in [2.45, 2.75) is 245 Å². The summed E-state index contributed by atoms with van der Waals surface area (Å²) in [5, 5.41) is 8.66. The number of rotatable bonds is 37. The van der Waals surface area contributed by atoms with Crippen LogP contribution in [-0.2, 0) is 14.3 Å². The van der Waals surface area contributed by atoms with E-state index in [9.17, 15) is 9.59 Å². The van der Waals surface area contributed by atoms with Crippen molar-refractivity contribution in [3.05, 3.63) is 0 Å². The summed E-state index contributed by atoms with van der Waals surface area (Å²) in [5.41, 5.74) is 0. The summed E-state index contributed by atoms with van der Waals surface area (Å²) in [7, 11) is 0. The van der Waals surface area contributed by atoms with E-state index in [1.807, 2.05) is 0 Å². The van der Waals surface area contributed by atoms with E-state index in [0.29, 0.717) is 12.8 Å². The van der Waals surface area contributed by atoms with Crippen molar-refractivity contribution in [1.82, 2.24) is 0 Å². The Bertz CT molecular complexity index is 590. The van der Waals surface area contributed by atoms with Crippen molar-refractivity contribution >= 4 is 11.9 Å². The fraction of sp³-hybridized carbons (Fsp3) is 0.950. The van der Waals surface area contributed by atoms with Crippen LogP contribution in [0.4, 0.5) is 0 Å². The third-order valence-corrected chi connectivity index (χ3v) is 9.33. The lowest BCUT2D eigenvalue weighted by molar-refractivity contribution is -0.150. The fourth-order valence-corrected chi connectivity index (χ4v) is 6.36. The summed E-state index contributed by atoms with van der Waals surface area (Å²) in [6.45, 7) is 4.52. The van der Waals surface area contributed by atoms with Crippen LogP contribution in [0, 0.1) is 0 Å². The Labute approximate surface area is 275 Å². The number of ether oxygens (including phenoxy) is 1. The highest BCUT2D eigenvalue weighted by Crippen LogP contribution is 2.19. The quantitative estimate of drug-likeness (QED) is 0.0553. The zero-order valence-electron chi connectivity index (χ0n) is 30.0. The Morgan fingerprint density at radius 1 is 0.409 bits per heavy atom. The highest BCUT2D eigenvalue weighted by atomic mass is 16.5. The SMILES string of the molecule is CCCCCCCCCCCCCCCC(=O)OC(CCCCC)CCCCCCCCCCCCCCCCCC(=O)O. The lowest BCUT2D eigenvalue weighted by atomic mass is 10.0. The molecule has 0 aromatic rings. The van der Waals surface area contributed by atoms with Crippen LogP contribution in [0.3, 0.4) is 0 Å². The lowest BCUT2D eigenvalue weighted by Gasteiger charge is -2.18. The molecule has 0 aromatic heterocycles. The van der Waals surface area contributed by atoms with Crippen LogP contribution in [0.2, 0.25) is 0 Å². The number of carbonyl (C=O) groups excluding carboxylic acids is 1. The molecule has 0 saturated heterocycles. The summed E-state index contributed by atoms with van der Waals surface area (Å²) >= 11 is 0. The standard InChI is InChI=1S/C40H78O4/c1-3-5-7-8-9-10-11-15-20-23-26-29-33-37-40(43)44-38(34-30-6-4-2)35-31-27-24-21-18-16-13-12-14-17-19-22-25-28-32-36-39(41)42/h38H,3-37H2,1-2H3,(H,41,42). The number of carboxylic acids is 1. The molecule has 0 rings (SSSR count). The topological polar surface area (TPSA) is 63.6 Å². The van der Waals surface area contributed by atoms with Crippen molar-refractivity contribution < 1.29 is 19.4 Å². The Balaban J connectivity index is 3.66. The molecule has 262 valence electrons. The van der Waals surface area contributed by atoms with E-state index in [1.165, 1.54) is 180 Å². The van der Waals surface area contributed by atoms with E-state index >= 15 is 0 Å². The normalized spacial score (nSPS) is 12.0. The number of unbranched alkanes of at least 4 members (excludes halogenated alkanes) is 28. The molecule has 0 aliphatic heterocycles. The van der Waals surface area contributed by atoms with E-state index in [-0.39, 0.29) is 12.1 Å². The predicted octanol–water partition coefficient (Wildman–Crippen LogP) is 13.7. The maximum absolute atomic E-state index is 12.5. The van der Waals surface area contributed by atoms with E-state index in [0.717, 1.165) is 32.1 Å². The van der Waals surface area contributed by atoms with Gasteiger partial charge in [-0.15, -0.1) is 0 Å². The molecular formula is C40H78O4. The summed E-state index contributed by atoms with van der Waals surface area (Å²) < 4.78 is 5.98. The molecule has 0 aliphatic carbocycles. The van der Waals surface area contributed by atoms with Crippen LogP contribution in [0.25, 0.3) is 0 Å². The number of aliphatic carboxylic acids is 1. The number of esters is 1. The summed E-state index contributed by atoms with van der Waals surface area (Å²) in [6.07, 6.45) is 43.1. The molecule has 1 unspecified atom stereocenters. The number of carboxylic acid groups (broad SMARTS) is 1. The molecule has 0 saturated carbocycles. The van der Waals surface area contributed by atoms with Gasteiger partial charge in [0.2, 0.25) is 0 Å². The monoisotopic (exact) mass is 623 g/mol. The van der Waals surface area contributed by atoms with Gasteiger partial charge in [-0.25, -0.2) is 0 Å². The zero-order valence-corrected chi connectivity index (χ0v) is 30.0. The second-order valence-electron chi connectivity index (χ2n) is 13.8. The lowest BCUT2D eigenvalue weighted by Crippen LogP contribution is -2.18. The minimum absolute atomic E-state index is 0.0466. The van der Waals surface area contributed by atoms with E-state index in [2.05, 4.69) is 13.8 Å². The van der Waals surface area contributed by atoms with Crippen molar-refractivity contribution in [2.24, 2.45) is 0 Å². The number of carbonyl (C=O) groups is 2. The summed E-state index contributed by atoms with van der Waals surface area (Å²) in [6, 6.07) is 0. The average molecular weight is 623 g/mol. The molecule has 4 nitrogen and oxygen atoms in total. The van der Waals surface area contributed by atoms with Gasteiger partial charge in [0, 0.05) is 12.8 Å². The predicted molar refractivity (Wildman–Crippen MR) is 190 cm³/mol. The molecular weight excluding hydrogens is 544 g/mol. The van der Waals surface area contributed by atoms with E-state index in [1.54, 1.807) is 0 Å². The first kappa shape index (κ1) is 42.9. The smallest absolute Gasteiger partial charge is 0.306 e. The van der Waals surface area contributed by atoms with Gasteiger partial charge in [-0.1, -0.05) is 187 Å². The molecule has 0 fully saturated rings. The maximum Gasteiger partial charge on any atom is 0.306 e. The van der Waals surface area contributed by atoms with Crippen molar-refractivity contribution in [1.29, 1.82) is 0 Å². The highest BCUT2D eigenvalue weighted by molar-refractivity contribution is 5.69. The molecule has 0 heterocycles. The van der Waals surface area contributed by atoms with Gasteiger partial charge in [0.15, 0.2) is 0 Å². The van der Waals surface area contributed by atoms with Crippen LogP contribution >= 0.6 is 0 Å². The van der Waals surface area contributed by atoms with Gasteiger partial charge < -0.3 is 9.84 Å². The molecule has 1 atom stereocenters. The third kappa shape index (κ3) is 35.4. The number of hydrogen-bond donors (Lipinski definition) is 1. The second kappa shape index (κ2) is 36.4. The van der Waals surface area contributed by atoms with Crippen molar-refractivity contribution in [3.8, 4) is 0 Å². The van der Waals surface area contributed by atoms with Gasteiger partial charge in [-0.2, -0.15) is 0 Å². The highest BCUT2D eigenvalue weighted by Gasteiger charge is 2.14. The zero-order chi connectivity index (χ0) is 32.2. The second-order valence-corrected chi connectivity index (χ2v) is 13.8. The van der Waals surface area contributed by atoms with Gasteiger partial charge in [0.05, 0.1) is 0 Å². The Kier molecular flexibility index (Phi) is 35.5. The first-order chi connectivity index (χ1) is 21.6. The Hall–Kier alpha value is -1.06. The number of hydrogen-bond acceptors (Lipinski definition) is 3. The van der Waals surface area contributed by atoms with Crippen LogP contribution in [-0.4, -0.2) is 23.1 Å². The molecule has 0 spiro atoms. The first-order valence-corrected chi connectivity index (χ1v) is 20.0. The fourth-order valence-electron chi connectivity index (χ4n) is 6.36. The molecule has 0 bridgehead atoms. The van der Waals surface area contributed by atoms with Crippen LogP contribution in [0.5, 0.6) is 0 Å². The Morgan fingerprint density at radius 2 is 0.682 bits per heavy atom. The minimum atomic E-state index is -0.663. The molecule has 0 aromatic carbocycles. The van der Waals surface area contributed by atoms with E-state index in [4.69, 9.17) is 9.84 Å². The maximum atomic E-state index is 12.5. The molecule has 0 radical (unpaired) electrons.